The molecule has 166 valence electrons. The van der Waals surface area contributed by atoms with Crippen molar-refractivity contribution in [1.82, 2.24) is 9.88 Å². The van der Waals surface area contributed by atoms with E-state index in [9.17, 15) is 19.7 Å². The molecule has 0 bridgehead atoms. The van der Waals surface area contributed by atoms with Crippen LogP contribution in [-0.2, 0) is 14.3 Å². The Morgan fingerprint density at radius 2 is 1.81 bits per heavy atom. The number of anilines is 1. The van der Waals surface area contributed by atoms with Gasteiger partial charge in [0.05, 0.1) is 4.92 Å². The molecule has 0 spiro atoms. The molecule has 2 aromatic carbocycles. The van der Waals surface area contributed by atoms with Crippen molar-refractivity contribution in [3.63, 3.8) is 0 Å². The van der Waals surface area contributed by atoms with Gasteiger partial charge in [-0.1, -0.05) is 23.9 Å². The first-order chi connectivity index (χ1) is 15.5. The Morgan fingerprint density at radius 3 is 2.50 bits per heavy atom. The van der Waals surface area contributed by atoms with E-state index in [4.69, 9.17) is 9.15 Å². The van der Waals surface area contributed by atoms with Gasteiger partial charge in [0.1, 0.15) is 11.3 Å². The van der Waals surface area contributed by atoms with Gasteiger partial charge < -0.3 is 19.0 Å². The molecule has 1 aliphatic heterocycles. The third kappa shape index (κ3) is 5.17. The van der Waals surface area contributed by atoms with E-state index in [1.54, 1.807) is 23.1 Å². The molecule has 1 amide bonds. The number of benzene rings is 2. The minimum Gasteiger partial charge on any atom is -0.455 e. The lowest BCUT2D eigenvalue weighted by Crippen LogP contribution is -2.50. The highest BCUT2D eigenvalue weighted by Gasteiger charge is 2.23. The number of piperazine rings is 1. The SMILES string of the molecule is O=C(CSc1nc2ccccc2o1)OCC(=O)N1CCN(c2ccc([N+](=O)[O-])cc2)CC1. The Labute approximate surface area is 187 Å². The number of thioether (sulfide) groups is 1. The van der Waals surface area contributed by atoms with Gasteiger partial charge in [-0.15, -0.1) is 0 Å². The number of hydrogen-bond acceptors (Lipinski definition) is 9. The molecule has 32 heavy (non-hydrogen) atoms. The Morgan fingerprint density at radius 1 is 1.09 bits per heavy atom. The summed E-state index contributed by atoms with van der Waals surface area (Å²) in [5, 5.41) is 11.1. The molecule has 0 saturated carbocycles. The van der Waals surface area contributed by atoms with Gasteiger partial charge in [-0.2, -0.15) is 0 Å². The maximum atomic E-state index is 12.4. The maximum Gasteiger partial charge on any atom is 0.316 e. The Balaban J connectivity index is 1.19. The van der Waals surface area contributed by atoms with E-state index in [0.717, 1.165) is 17.4 Å². The third-order valence-electron chi connectivity index (χ3n) is 5.00. The quantitative estimate of drug-likeness (QED) is 0.229. The molecular formula is C21H20N4O6S. The minimum atomic E-state index is -0.518. The third-order valence-corrected chi connectivity index (χ3v) is 5.80. The number of ether oxygens (including phenoxy) is 1. The second-order valence-corrected chi connectivity index (χ2v) is 7.96. The van der Waals surface area contributed by atoms with Gasteiger partial charge in [0.2, 0.25) is 0 Å². The van der Waals surface area contributed by atoms with Gasteiger partial charge in [0, 0.05) is 44.0 Å². The number of amides is 1. The number of nitro benzene ring substituents is 1. The van der Waals surface area contributed by atoms with Crippen molar-refractivity contribution in [1.29, 1.82) is 0 Å². The lowest BCUT2D eigenvalue weighted by atomic mass is 10.2. The van der Waals surface area contributed by atoms with Gasteiger partial charge in [0.15, 0.2) is 12.2 Å². The standard InChI is InChI=1S/C21H20N4O6S/c26-19(13-30-20(27)14-32-21-22-17-3-1-2-4-18(17)31-21)24-11-9-23(10-12-24)15-5-7-16(8-6-15)25(28)29/h1-8H,9-14H2. The highest BCUT2D eigenvalue weighted by Crippen LogP contribution is 2.23. The van der Waals surface area contributed by atoms with E-state index in [1.807, 2.05) is 18.2 Å². The molecule has 0 atom stereocenters. The lowest BCUT2D eigenvalue weighted by Gasteiger charge is -2.36. The number of carbonyl (C=O) groups excluding carboxylic acids is 2. The molecule has 2 heterocycles. The van der Waals surface area contributed by atoms with E-state index in [1.165, 1.54) is 12.1 Å². The maximum absolute atomic E-state index is 12.4. The highest BCUT2D eigenvalue weighted by atomic mass is 32.2. The van der Waals surface area contributed by atoms with Crippen LogP contribution in [0.15, 0.2) is 58.2 Å². The van der Waals surface area contributed by atoms with Crippen molar-refractivity contribution in [3.05, 3.63) is 58.6 Å². The zero-order valence-electron chi connectivity index (χ0n) is 17.0. The van der Waals surface area contributed by atoms with Crippen LogP contribution in [0.4, 0.5) is 11.4 Å². The molecule has 0 unspecified atom stereocenters. The number of nitro groups is 1. The molecule has 11 heteroatoms. The molecule has 0 N–H and O–H groups in total. The van der Waals surface area contributed by atoms with Crippen molar-refractivity contribution in [2.24, 2.45) is 0 Å². The van der Waals surface area contributed by atoms with Crippen LogP contribution >= 0.6 is 11.8 Å². The van der Waals surface area contributed by atoms with Crippen molar-refractivity contribution in [3.8, 4) is 0 Å². The van der Waals surface area contributed by atoms with Crippen LogP contribution in [0.25, 0.3) is 11.1 Å². The Bertz CT molecular complexity index is 1090. The number of nitrogens with zero attached hydrogens (tertiary/aromatic N) is 4. The summed E-state index contributed by atoms with van der Waals surface area (Å²) >= 11 is 1.12. The zero-order chi connectivity index (χ0) is 22.5. The van der Waals surface area contributed by atoms with E-state index in [-0.39, 0.29) is 24.0 Å². The number of esters is 1. The van der Waals surface area contributed by atoms with E-state index < -0.39 is 10.9 Å². The number of hydrogen-bond donors (Lipinski definition) is 0. The smallest absolute Gasteiger partial charge is 0.316 e. The number of oxazole rings is 1. The average molecular weight is 456 g/mol. The Hall–Kier alpha value is -3.60. The molecule has 0 aliphatic carbocycles. The number of para-hydroxylation sites is 2. The summed E-state index contributed by atoms with van der Waals surface area (Å²) in [6.45, 7) is 1.82. The zero-order valence-corrected chi connectivity index (χ0v) is 17.8. The van der Waals surface area contributed by atoms with E-state index in [0.29, 0.717) is 42.5 Å². The van der Waals surface area contributed by atoms with Crippen LogP contribution in [0.3, 0.4) is 0 Å². The first kappa shape index (κ1) is 21.6. The topological polar surface area (TPSA) is 119 Å². The molecule has 4 rings (SSSR count). The summed E-state index contributed by atoms with van der Waals surface area (Å²) in [6, 6.07) is 13.6. The monoisotopic (exact) mass is 456 g/mol. The number of rotatable bonds is 7. The fraction of sp³-hybridized carbons (Fsp3) is 0.286. The summed E-state index contributed by atoms with van der Waals surface area (Å²) in [6.07, 6.45) is 0. The van der Waals surface area contributed by atoms with Crippen molar-refractivity contribution >= 4 is 46.1 Å². The van der Waals surface area contributed by atoms with E-state index in [2.05, 4.69) is 9.88 Å². The molecule has 1 fully saturated rings. The summed E-state index contributed by atoms with van der Waals surface area (Å²) in [5.74, 6) is -0.780. The van der Waals surface area contributed by atoms with Gasteiger partial charge in [-0.3, -0.25) is 19.7 Å². The van der Waals surface area contributed by atoms with Crippen molar-refractivity contribution < 1.29 is 23.7 Å². The molecule has 3 aromatic rings. The predicted octanol–water partition coefficient (Wildman–Crippen LogP) is 2.72. The van der Waals surface area contributed by atoms with Gasteiger partial charge in [-0.25, -0.2) is 4.98 Å². The second-order valence-electron chi connectivity index (χ2n) is 7.04. The normalized spacial score (nSPS) is 13.9. The Kier molecular flexibility index (Phi) is 6.55. The van der Waals surface area contributed by atoms with Gasteiger partial charge in [-0.05, 0) is 24.3 Å². The molecule has 1 saturated heterocycles. The summed E-state index contributed by atoms with van der Waals surface area (Å²) in [5.41, 5.74) is 2.27. The van der Waals surface area contributed by atoms with Crippen LogP contribution in [0.2, 0.25) is 0 Å². The number of carbonyl (C=O) groups is 2. The summed E-state index contributed by atoms with van der Waals surface area (Å²) < 4.78 is 10.6. The van der Waals surface area contributed by atoms with Crippen molar-refractivity contribution in [2.45, 2.75) is 5.22 Å². The van der Waals surface area contributed by atoms with Gasteiger partial charge >= 0.3 is 5.97 Å². The van der Waals surface area contributed by atoms with Crippen LogP contribution in [0, 0.1) is 10.1 Å². The minimum absolute atomic E-state index is 0.00593. The molecule has 1 aliphatic rings. The number of fused-ring (bicyclic) bond motifs is 1. The molecule has 0 radical (unpaired) electrons. The van der Waals surface area contributed by atoms with E-state index >= 15 is 0 Å². The predicted molar refractivity (Wildman–Crippen MR) is 118 cm³/mol. The van der Waals surface area contributed by atoms with Crippen LogP contribution in [0.5, 0.6) is 0 Å². The molecule has 1 aromatic heterocycles. The fourth-order valence-corrected chi connectivity index (χ4v) is 3.94. The lowest BCUT2D eigenvalue weighted by molar-refractivity contribution is -0.384. The van der Waals surface area contributed by atoms with Gasteiger partial charge in [0.25, 0.3) is 16.8 Å². The average Bonchev–Trinajstić information content (AvgIpc) is 3.24. The van der Waals surface area contributed by atoms with Crippen molar-refractivity contribution in [2.75, 3.05) is 43.4 Å². The van der Waals surface area contributed by atoms with Crippen LogP contribution < -0.4 is 4.90 Å². The molecular weight excluding hydrogens is 436 g/mol. The number of aromatic nitrogens is 1. The largest absolute Gasteiger partial charge is 0.455 e. The summed E-state index contributed by atoms with van der Waals surface area (Å²) in [7, 11) is 0. The number of non-ortho nitro benzene ring substituents is 1. The molecule has 10 nitrogen and oxygen atoms in total. The summed E-state index contributed by atoms with van der Waals surface area (Å²) in [4.78, 5) is 42.7. The fourth-order valence-electron chi connectivity index (χ4n) is 3.31. The highest BCUT2D eigenvalue weighted by molar-refractivity contribution is 7.99. The first-order valence-corrected chi connectivity index (χ1v) is 10.9. The van der Waals surface area contributed by atoms with Crippen LogP contribution in [0.1, 0.15) is 0 Å². The van der Waals surface area contributed by atoms with Crippen LogP contribution in [-0.4, -0.2) is 65.2 Å². The second kappa shape index (κ2) is 9.69. The first-order valence-electron chi connectivity index (χ1n) is 9.91.